The minimum Gasteiger partial charge on any atom is -0.507 e. The highest BCUT2D eigenvalue weighted by atomic mass is 16.4. The second-order valence-corrected chi connectivity index (χ2v) is 3.42. The zero-order valence-electron chi connectivity index (χ0n) is 8.19. The maximum absolute atomic E-state index is 10.9. The molecule has 2 N–H and O–H groups in total. The molecule has 2 rings (SSSR count). The Bertz CT molecular complexity index is 544. The Kier molecular flexibility index (Phi) is 2.08. The number of phenolic OH excluding ortho intramolecular Hbond substituents is 1. The predicted molar refractivity (Wildman–Crippen MR) is 57.3 cm³/mol. The van der Waals surface area contributed by atoms with Gasteiger partial charge in [0.25, 0.3) is 0 Å². The van der Waals surface area contributed by atoms with Crippen LogP contribution in [0.3, 0.4) is 0 Å². The summed E-state index contributed by atoms with van der Waals surface area (Å²) in [6.07, 6.45) is 0. The van der Waals surface area contributed by atoms with E-state index in [0.717, 1.165) is 5.39 Å². The van der Waals surface area contributed by atoms with Crippen molar-refractivity contribution in [3.63, 3.8) is 0 Å². The van der Waals surface area contributed by atoms with Crippen LogP contribution in [0, 0.1) is 6.92 Å². The van der Waals surface area contributed by atoms with Crippen LogP contribution in [0.5, 0.6) is 5.75 Å². The standard InChI is InChI=1S/C12H10O3/c1-7-9(12(14)15)6-5-8-3-2-4-10(13)11(7)8/h2-6,13H,1H3,(H,14,15). The summed E-state index contributed by atoms with van der Waals surface area (Å²) in [7, 11) is 0. The minimum absolute atomic E-state index is 0.119. The van der Waals surface area contributed by atoms with Crippen molar-refractivity contribution in [1.82, 2.24) is 0 Å². The van der Waals surface area contributed by atoms with E-state index in [1.54, 1.807) is 31.2 Å². The maximum atomic E-state index is 10.9. The number of aromatic carboxylic acids is 1. The molecule has 3 heteroatoms. The van der Waals surface area contributed by atoms with Crippen LogP contribution < -0.4 is 0 Å². The predicted octanol–water partition coefficient (Wildman–Crippen LogP) is 2.55. The Hall–Kier alpha value is -2.03. The number of fused-ring (bicyclic) bond motifs is 1. The lowest BCUT2D eigenvalue weighted by molar-refractivity contribution is 0.0696. The molecule has 0 aliphatic carbocycles. The Balaban J connectivity index is 2.89. The van der Waals surface area contributed by atoms with Crippen molar-refractivity contribution in [3.05, 3.63) is 41.5 Å². The molecule has 0 atom stereocenters. The molecule has 0 radical (unpaired) electrons. The van der Waals surface area contributed by atoms with Crippen LogP contribution in [0.25, 0.3) is 10.8 Å². The summed E-state index contributed by atoms with van der Waals surface area (Å²) in [5.74, 6) is -0.856. The lowest BCUT2D eigenvalue weighted by atomic mass is 9.99. The molecule has 2 aromatic carbocycles. The molecular formula is C12H10O3. The summed E-state index contributed by atoms with van der Waals surface area (Å²) < 4.78 is 0. The van der Waals surface area contributed by atoms with Gasteiger partial charge < -0.3 is 10.2 Å². The summed E-state index contributed by atoms with van der Waals surface area (Å²) in [4.78, 5) is 10.9. The summed E-state index contributed by atoms with van der Waals surface area (Å²) >= 11 is 0. The number of rotatable bonds is 1. The second kappa shape index (κ2) is 3.28. The fourth-order valence-corrected chi connectivity index (χ4v) is 1.77. The zero-order valence-corrected chi connectivity index (χ0v) is 8.19. The van der Waals surface area contributed by atoms with Crippen LogP contribution in [-0.4, -0.2) is 16.2 Å². The van der Waals surface area contributed by atoms with E-state index < -0.39 is 5.97 Å². The highest BCUT2D eigenvalue weighted by Crippen LogP contribution is 2.29. The molecule has 0 aliphatic heterocycles. The van der Waals surface area contributed by atoms with Gasteiger partial charge in [0.1, 0.15) is 5.75 Å². The summed E-state index contributed by atoms with van der Waals surface area (Å²) in [5, 5.41) is 20.1. The molecule has 0 amide bonds. The number of hydrogen-bond acceptors (Lipinski definition) is 2. The lowest BCUT2D eigenvalue weighted by Crippen LogP contribution is -1.99. The van der Waals surface area contributed by atoms with E-state index in [4.69, 9.17) is 5.11 Å². The van der Waals surface area contributed by atoms with E-state index in [1.165, 1.54) is 0 Å². The number of carboxylic acids is 1. The van der Waals surface area contributed by atoms with Crippen molar-refractivity contribution in [2.24, 2.45) is 0 Å². The quantitative estimate of drug-likeness (QED) is 0.747. The minimum atomic E-state index is -0.974. The Labute approximate surface area is 86.6 Å². The third-order valence-electron chi connectivity index (χ3n) is 2.51. The first-order valence-electron chi connectivity index (χ1n) is 4.56. The number of hydrogen-bond donors (Lipinski definition) is 2. The van der Waals surface area contributed by atoms with Gasteiger partial charge in [0, 0.05) is 5.39 Å². The van der Waals surface area contributed by atoms with Crippen molar-refractivity contribution >= 4 is 16.7 Å². The monoisotopic (exact) mass is 202 g/mol. The SMILES string of the molecule is Cc1c(C(=O)O)ccc2cccc(O)c12. The number of phenols is 1. The average Bonchev–Trinajstić information content (AvgIpc) is 2.17. The molecule has 3 nitrogen and oxygen atoms in total. The third-order valence-corrected chi connectivity index (χ3v) is 2.51. The largest absolute Gasteiger partial charge is 0.507 e. The molecule has 0 aliphatic rings. The Morgan fingerprint density at radius 3 is 2.60 bits per heavy atom. The molecule has 76 valence electrons. The highest BCUT2D eigenvalue weighted by molar-refractivity contribution is 6.00. The average molecular weight is 202 g/mol. The van der Waals surface area contributed by atoms with Gasteiger partial charge in [-0.2, -0.15) is 0 Å². The van der Waals surface area contributed by atoms with Gasteiger partial charge in [-0.15, -0.1) is 0 Å². The summed E-state index contributed by atoms with van der Waals surface area (Å²) in [5.41, 5.74) is 0.821. The second-order valence-electron chi connectivity index (χ2n) is 3.42. The van der Waals surface area contributed by atoms with Crippen LogP contribution in [0.15, 0.2) is 30.3 Å². The molecule has 15 heavy (non-hydrogen) atoms. The fourth-order valence-electron chi connectivity index (χ4n) is 1.77. The van der Waals surface area contributed by atoms with Gasteiger partial charge in [-0.05, 0) is 30.0 Å². The maximum Gasteiger partial charge on any atom is 0.335 e. The van der Waals surface area contributed by atoms with E-state index in [0.29, 0.717) is 10.9 Å². The van der Waals surface area contributed by atoms with E-state index in [-0.39, 0.29) is 11.3 Å². The van der Waals surface area contributed by atoms with Gasteiger partial charge in [-0.3, -0.25) is 0 Å². The van der Waals surface area contributed by atoms with Gasteiger partial charge in [-0.1, -0.05) is 18.2 Å². The topological polar surface area (TPSA) is 57.5 Å². The normalized spacial score (nSPS) is 10.5. The van der Waals surface area contributed by atoms with Crippen molar-refractivity contribution < 1.29 is 15.0 Å². The number of aryl methyl sites for hydroxylation is 1. The number of carboxylic acid groups (broad SMARTS) is 1. The van der Waals surface area contributed by atoms with Crippen LogP contribution >= 0.6 is 0 Å². The number of aromatic hydroxyl groups is 1. The molecule has 0 saturated heterocycles. The van der Waals surface area contributed by atoms with E-state index in [1.807, 2.05) is 6.07 Å². The van der Waals surface area contributed by atoms with Crippen LogP contribution in [0.1, 0.15) is 15.9 Å². The van der Waals surface area contributed by atoms with Crippen molar-refractivity contribution in [3.8, 4) is 5.75 Å². The van der Waals surface area contributed by atoms with Crippen LogP contribution in [-0.2, 0) is 0 Å². The Morgan fingerprint density at radius 1 is 1.20 bits per heavy atom. The van der Waals surface area contributed by atoms with Crippen LogP contribution in [0.2, 0.25) is 0 Å². The number of carbonyl (C=O) groups is 1. The van der Waals surface area contributed by atoms with Gasteiger partial charge in [0.05, 0.1) is 5.56 Å². The van der Waals surface area contributed by atoms with E-state index >= 15 is 0 Å². The molecule has 0 saturated carbocycles. The fraction of sp³-hybridized carbons (Fsp3) is 0.0833. The molecule has 2 aromatic rings. The number of benzene rings is 2. The molecule has 0 fully saturated rings. The molecule has 0 spiro atoms. The molecule has 0 heterocycles. The molecular weight excluding hydrogens is 192 g/mol. The van der Waals surface area contributed by atoms with Crippen LogP contribution in [0.4, 0.5) is 0 Å². The van der Waals surface area contributed by atoms with Gasteiger partial charge in [-0.25, -0.2) is 4.79 Å². The van der Waals surface area contributed by atoms with E-state index in [2.05, 4.69) is 0 Å². The van der Waals surface area contributed by atoms with Gasteiger partial charge >= 0.3 is 5.97 Å². The zero-order chi connectivity index (χ0) is 11.0. The molecule has 0 unspecified atom stereocenters. The first kappa shape index (κ1) is 9.52. The first-order chi connectivity index (χ1) is 7.11. The third kappa shape index (κ3) is 1.42. The summed E-state index contributed by atoms with van der Waals surface area (Å²) in [6, 6.07) is 8.39. The van der Waals surface area contributed by atoms with E-state index in [9.17, 15) is 9.90 Å². The van der Waals surface area contributed by atoms with Crippen molar-refractivity contribution in [2.45, 2.75) is 6.92 Å². The van der Waals surface area contributed by atoms with Crippen molar-refractivity contribution in [2.75, 3.05) is 0 Å². The van der Waals surface area contributed by atoms with Crippen molar-refractivity contribution in [1.29, 1.82) is 0 Å². The lowest BCUT2D eigenvalue weighted by Gasteiger charge is -2.07. The Morgan fingerprint density at radius 2 is 1.93 bits per heavy atom. The molecule has 0 bridgehead atoms. The summed E-state index contributed by atoms with van der Waals surface area (Å²) in [6.45, 7) is 1.70. The van der Waals surface area contributed by atoms with Gasteiger partial charge in [0.2, 0.25) is 0 Å². The van der Waals surface area contributed by atoms with Gasteiger partial charge in [0.15, 0.2) is 0 Å². The smallest absolute Gasteiger partial charge is 0.335 e. The first-order valence-corrected chi connectivity index (χ1v) is 4.56. The highest BCUT2D eigenvalue weighted by Gasteiger charge is 2.11. The molecule has 0 aromatic heterocycles.